The van der Waals surface area contributed by atoms with Gasteiger partial charge in [0.15, 0.2) is 5.82 Å². The Morgan fingerprint density at radius 3 is 2.71 bits per heavy atom. The Balaban J connectivity index is 1.85. The molecule has 0 aliphatic rings. The van der Waals surface area contributed by atoms with Crippen molar-refractivity contribution >= 4 is 17.5 Å². The number of carbonyl (C=O) groups excluding carboxylic acids is 2. The summed E-state index contributed by atoms with van der Waals surface area (Å²) < 4.78 is 1.59. The van der Waals surface area contributed by atoms with Gasteiger partial charge in [-0.2, -0.15) is 5.10 Å². The average Bonchev–Trinajstić information content (AvgIpc) is 2.97. The van der Waals surface area contributed by atoms with E-state index in [0.717, 1.165) is 0 Å². The van der Waals surface area contributed by atoms with Crippen LogP contribution < -0.4 is 11.1 Å². The smallest absolute Gasteiger partial charge is 0.259 e. The first-order valence-corrected chi connectivity index (χ1v) is 7.23. The maximum Gasteiger partial charge on any atom is 0.259 e. The summed E-state index contributed by atoms with van der Waals surface area (Å²) in [6, 6.07) is 11.9. The third kappa shape index (κ3) is 3.00. The second-order valence-electron chi connectivity index (χ2n) is 5.14. The second-order valence-corrected chi connectivity index (χ2v) is 5.14. The molecule has 0 radical (unpaired) electrons. The van der Waals surface area contributed by atoms with Crippen LogP contribution in [-0.4, -0.2) is 26.6 Å². The summed E-state index contributed by atoms with van der Waals surface area (Å²) in [5, 5.41) is 6.95. The Morgan fingerprint density at radius 1 is 1.17 bits per heavy atom. The van der Waals surface area contributed by atoms with E-state index in [9.17, 15) is 9.59 Å². The first-order valence-electron chi connectivity index (χ1n) is 7.23. The Hall–Kier alpha value is -3.48. The number of amides is 2. The van der Waals surface area contributed by atoms with Gasteiger partial charge in [-0.3, -0.25) is 9.59 Å². The zero-order chi connectivity index (χ0) is 17.1. The summed E-state index contributed by atoms with van der Waals surface area (Å²) in [6.45, 7) is 1.79. The van der Waals surface area contributed by atoms with Crippen molar-refractivity contribution in [1.29, 1.82) is 0 Å². The van der Waals surface area contributed by atoms with Gasteiger partial charge < -0.3 is 11.1 Å². The molecule has 3 aromatic rings. The van der Waals surface area contributed by atoms with E-state index in [-0.39, 0.29) is 5.91 Å². The minimum Gasteiger partial charge on any atom is -0.366 e. The van der Waals surface area contributed by atoms with E-state index in [1.165, 1.54) is 12.3 Å². The lowest BCUT2D eigenvalue weighted by Gasteiger charge is -2.07. The number of aromatic nitrogens is 3. The molecule has 2 aromatic heterocycles. The summed E-state index contributed by atoms with van der Waals surface area (Å²) in [4.78, 5) is 27.9. The Labute approximate surface area is 138 Å². The monoisotopic (exact) mass is 321 g/mol. The molecule has 3 rings (SSSR count). The van der Waals surface area contributed by atoms with Gasteiger partial charge in [-0.15, -0.1) is 0 Å². The fraction of sp³-hybridized carbons (Fsp3) is 0.0588. The number of nitrogens with two attached hydrogens (primary N) is 1. The van der Waals surface area contributed by atoms with E-state index < -0.39 is 5.91 Å². The quantitative estimate of drug-likeness (QED) is 0.766. The standard InChI is InChI=1S/C17H15N5O2/c1-11-14(10-20-22(11)15-7-2-3-8-19-15)17(24)21-13-6-4-5-12(9-13)16(18)23/h2-10H,1H3,(H2,18,23)(H,21,24). The number of pyridine rings is 1. The lowest BCUT2D eigenvalue weighted by Crippen LogP contribution is -2.15. The summed E-state index contributed by atoms with van der Waals surface area (Å²) in [6.07, 6.45) is 3.14. The maximum atomic E-state index is 12.5. The predicted octanol–water partition coefficient (Wildman–Crippen LogP) is 1.93. The van der Waals surface area contributed by atoms with Crippen LogP contribution in [0.3, 0.4) is 0 Å². The molecule has 2 heterocycles. The molecule has 24 heavy (non-hydrogen) atoms. The molecule has 0 saturated heterocycles. The lowest BCUT2D eigenvalue weighted by atomic mass is 10.2. The van der Waals surface area contributed by atoms with E-state index in [2.05, 4.69) is 15.4 Å². The SMILES string of the molecule is Cc1c(C(=O)Nc2cccc(C(N)=O)c2)cnn1-c1ccccn1. The van der Waals surface area contributed by atoms with E-state index in [0.29, 0.717) is 28.3 Å². The van der Waals surface area contributed by atoms with Gasteiger partial charge in [-0.05, 0) is 37.3 Å². The molecule has 7 nitrogen and oxygen atoms in total. The highest BCUT2D eigenvalue weighted by molar-refractivity contribution is 6.05. The number of nitrogens with one attached hydrogen (secondary N) is 1. The number of nitrogens with zero attached hydrogens (tertiary/aromatic N) is 3. The van der Waals surface area contributed by atoms with E-state index >= 15 is 0 Å². The number of hydrogen-bond donors (Lipinski definition) is 2. The highest BCUT2D eigenvalue weighted by atomic mass is 16.2. The lowest BCUT2D eigenvalue weighted by molar-refractivity contribution is 0.0996. The maximum absolute atomic E-state index is 12.5. The number of hydrogen-bond acceptors (Lipinski definition) is 4. The minimum atomic E-state index is -0.551. The van der Waals surface area contributed by atoms with Crippen LogP contribution in [0.1, 0.15) is 26.4 Å². The summed E-state index contributed by atoms with van der Waals surface area (Å²) in [5.74, 6) is -0.244. The van der Waals surface area contributed by atoms with Crippen LogP contribution in [0.4, 0.5) is 5.69 Å². The fourth-order valence-corrected chi connectivity index (χ4v) is 2.29. The predicted molar refractivity (Wildman–Crippen MR) is 89.0 cm³/mol. The van der Waals surface area contributed by atoms with Crippen molar-refractivity contribution in [3.05, 3.63) is 71.7 Å². The fourth-order valence-electron chi connectivity index (χ4n) is 2.29. The van der Waals surface area contributed by atoms with Crippen molar-refractivity contribution in [2.24, 2.45) is 5.73 Å². The molecule has 0 atom stereocenters. The molecular formula is C17H15N5O2. The highest BCUT2D eigenvalue weighted by Gasteiger charge is 2.16. The molecule has 0 aliphatic heterocycles. The van der Waals surface area contributed by atoms with Crippen LogP contribution in [-0.2, 0) is 0 Å². The summed E-state index contributed by atoms with van der Waals surface area (Å²) >= 11 is 0. The minimum absolute atomic E-state index is 0.323. The van der Waals surface area contributed by atoms with Gasteiger partial charge in [-0.1, -0.05) is 12.1 Å². The number of anilines is 1. The molecule has 0 aliphatic carbocycles. The number of benzene rings is 1. The average molecular weight is 321 g/mol. The van der Waals surface area contributed by atoms with Crippen LogP contribution in [0.25, 0.3) is 5.82 Å². The third-order valence-corrected chi connectivity index (χ3v) is 3.53. The molecule has 1 aromatic carbocycles. The van der Waals surface area contributed by atoms with Crippen molar-refractivity contribution in [2.75, 3.05) is 5.32 Å². The topological polar surface area (TPSA) is 103 Å². The van der Waals surface area contributed by atoms with Crippen LogP contribution in [0, 0.1) is 6.92 Å². The zero-order valence-corrected chi connectivity index (χ0v) is 12.9. The van der Waals surface area contributed by atoms with Crippen molar-refractivity contribution in [3.8, 4) is 5.82 Å². The van der Waals surface area contributed by atoms with Crippen LogP contribution in [0.2, 0.25) is 0 Å². The van der Waals surface area contributed by atoms with E-state index in [1.807, 2.05) is 12.1 Å². The van der Waals surface area contributed by atoms with Gasteiger partial charge in [0.25, 0.3) is 5.91 Å². The van der Waals surface area contributed by atoms with Gasteiger partial charge in [0.2, 0.25) is 5.91 Å². The summed E-state index contributed by atoms with van der Waals surface area (Å²) in [5.41, 5.74) is 7.14. The second kappa shape index (κ2) is 6.33. The van der Waals surface area contributed by atoms with Gasteiger partial charge in [0, 0.05) is 17.4 Å². The molecule has 0 bridgehead atoms. The molecule has 0 fully saturated rings. The van der Waals surface area contributed by atoms with Crippen molar-refractivity contribution < 1.29 is 9.59 Å². The zero-order valence-electron chi connectivity index (χ0n) is 12.9. The van der Waals surface area contributed by atoms with Crippen molar-refractivity contribution in [3.63, 3.8) is 0 Å². The molecule has 7 heteroatoms. The Kier molecular flexibility index (Phi) is 4.07. The van der Waals surface area contributed by atoms with Gasteiger partial charge >= 0.3 is 0 Å². The molecule has 0 spiro atoms. The normalized spacial score (nSPS) is 10.4. The molecule has 3 N–H and O–H groups in total. The molecule has 0 saturated carbocycles. The number of carbonyl (C=O) groups is 2. The Bertz CT molecular complexity index is 902. The summed E-state index contributed by atoms with van der Waals surface area (Å²) in [7, 11) is 0. The Morgan fingerprint density at radius 2 is 2.00 bits per heavy atom. The van der Waals surface area contributed by atoms with Crippen LogP contribution >= 0.6 is 0 Å². The number of primary amides is 1. The van der Waals surface area contributed by atoms with Crippen LogP contribution in [0.15, 0.2) is 54.9 Å². The molecule has 2 amide bonds. The van der Waals surface area contributed by atoms with E-state index in [1.54, 1.807) is 42.1 Å². The first-order chi connectivity index (χ1) is 11.6. The number of rotatable bonds is 4. The van der Waals surface area contributed by atoms with Gasteiger partial charge in [0.1, 0.15) is 0 Å². The molecule has 0 unspecified atom stereocenters. The van der Waals surface area contributed by atoms with Crippen molar-refractivity contribution in [2.45, 2.75) is 6.92 Å². The molecular weight excluding hydrogens is 306 g/mol. The molecule has 120 valence electrons. The van der Waals surface area contributed by atoms with E-state index in [4.69, 9.17) is 5.73 Å². The van der Waals surface area contributed by atoms with Crippen LogP contribution in [0.5, 0.6) is 0 Å². The highest BCUT2D eigenvalue weighted by Crippen LogP contribution is 2.16. The van der Waals surface area contributed by atoms with Crippen molar-refractivity contribution in [1.82, 2.24) is 14.8 Å². The largest absolute Gasteiger partial charge is 0.366 e. The van der Waals surface area contributed by atoms with Gasteiger partial charge in [0.05, 0.1) is 17.5 Å². The third-order valence-electron chi connectivity index (χ3n) is 3.53. The first kappa shape index (κ1) is 15.4. The van der Waals surface area contributed by atoms with Gasteiger partial charge in [-0.25, -0.2) is 9.67 Å².